The molecule has 10 rings (SSSR count). The highest BCUT2D eigenvalue weighted by atomic mass is 15.0. The lowest BCUT2D eigenvalue weighted by Crippen LogP contribution is -2.16. The molecule has 10 aromatic rings. The van der Waals surface area contributed by atoms with E-state index in [2.05, 4.69) is 156 Å². The summed E-state index contributed by atoms with van der Waals surface area (Å²) in [5.41, 5.74) is 16.7. The minimum Gasteiger partial charge on any atom is -0.383 e. The number of benzene rings is 8. The summed E-state index contributed by atoms with van der Waals surface area (Å²) < 4.78 is 4.60. The number of amidine groups is 2. The molecule has 0 fully saturated rings. The van der Waals surface area contributed by atoms with E-state index >= 15 is 0 Å². The molecule has 0 aliphatic heterocycles. The summed E-state index contributed by atoms with van der Waals surface area (Å²) in [6.07, 6.45) is 17.2. The standard InChI is InChI=1S/C44H31N5.C7H8.C6H10.C6H8.3C2H6/c45-43(30-14-6-2-7-15-30)47-44(46)34-24-33(29-12-4-1-5-13-29)25-36(26-34)49-40-19-11-10-18-37(40)38-21-20-31-28-41-32(27-39(31)42(38)49)22-23-48(41)35-16-8-3-9-17-35;1-7-5-3-2-4-6-7;2*1-3-5-6-4-2;3*1-2/h1-28H,(H3,45,46,47);2-6H,1H3;3-6H,1-2H3;3-6H,1-2H2;3*1-2H3/b;;5-3-,6-4-;6-5-;;;. The number of aromatic nitrogens is 2. The number of rotatable bonds is 8. The predicted molar refractivity (Wildman–Crippen MR) is 329 cm³/mol. The molecule has 0 radical (unpaired) electrons. The van der Waals surface area contributed by atoms with Crippen molar-refractivity contribution in [3.8, 4) is 22.5 Å². The van der Waals surface area contributed by atoms with Crippen LogP contribution >= 0.6 is 0 Å². The van der Waals surface area contributed by atoms with Gasteiger partial charge in [-0.15, -0.1) is 0 Å². The zero-order chi connectivity index (χ0) is 53.7. The largest absolute Gasteiger partial charge is 0.383 e. The van der Waals surface area contributed by atoms with Crippen LogP contribution in [0, 0.1) is 12.3 Å². The molecule has 5 heteroatoms. The second-order valence-electron chi connectivity index (χ2n) is 15.9. The van der Waals surface area contributed by atoms with Crippen molar-refractivity contribution in [2.75, 3.05) is 0 Å². The molecule has 8 aromatic carbocycles. The Balaban J connectivity index is 0.000000396. The number of nitrogens with zero attached hydrogens (tertiary/aromatic N) is 3. The van der Waals surface area contributed by atoms with Crippen LogP contribution in [0.1, 0.15) is 72.1 Å². The summed E-state index contributed by atoms with van der Waals surface area (Å²) in [7, 11) is 0. The average Bonchev–Trinajstić information content (AvgIpc) is 4.05. The Hall–Kier alpha value is -8.80. The molecule has 0 aliphatic carbocycles. The van der Waals surface area contributed by atoms with Gasteiger partial charge in [-0.25, -0.2) is 4.99 Å². The Bertz CT molecular complexity index is 3390. The van der Waals surface area contributed by atoms with Crippen molar-refractivity contribution in [1.82, 2.24) is 9.13 Å². The van der Waals surface area contributed by atoms with Crippen LogP contribution in [0.3, 0.4) is 0 Å². The molecular weight excluding hydrogens is 899 g/mol. The molecule has 376 valence electrons. The van der Waals surface area contributed by atoms with Crippen molar-refractivity contribution in [2.24, 2.45) is 10.7 Å². The highest BCUT2D eigenvalue weighted by Crippen LogP contribution is 2.39. The number of hydrogen-bond acceptors (Lipinski definition) is 1. The van der Waals surface area contributed by atoms with Gasteiger partial charge in [0.1, 0.15) is 5.84 Å². The van der Waals surface area contributed by atoms with Crippen molar-refractivity contribution in [3.05, 3.63) is 279 Å². The summed E-state index contributed by atoms with van der Waals surface area (Å²) >= 11 is 0. The lowest BCUT2D eigenvalue weighted by molar-refractivity contribution is 1.13. The molecule has 0 spiro atoms. The van der Waals surface area contributed by atoms with Crippen LogP contribution in [0.15, 0.2) is 267 Å². The van der Waals surface area contributed by atoms with E-state index in [0.717, 1.165) is 50.0 Å². The number of aliphatic imine (C=N–C) groups is 1. The Morgan fingerprint density at radius 2 is 1.04 bits per heavy atom. The lowest BCUT2D eigenvalue weighted by Gasteiger charge is -2.15. The van der Waals surface area contributed by atoms with Crippen molar-refractivity contribution < 1.29 is 0 Å². The fourth-order valence-corrected chi connectivity index (χ4v) is 7.94. The number of nitrogens with two attached hydrogens (primary N) is 1. The fraction of sp³-hybridized carbons (Fsp3) is 0.130. The van der Waals surface area contributed by atoms with Crippen molar-refractivity contribution in [1.29, 1.82) is 5.41 Å². The van der Waals surface area contributed by atoms with Gasteiger partial charge in [0.05, 0.1) is 16.6 Å². The third-order valence-corrected chi connectivity index (χ3v) is 11.2. The second kappa shape index (κ2) is 31.5. The Morgan fingerprint density at radius 1 is 0.486 bits per heavy atom. The van der Waals surface area contributed by atoms with E-state index in [1.54, 1.807) is 12.2 Å². The van der Waals surface area contributed by atoms with E-state index < -0.39 is 0 Å². The van der Waals surface area contributed by atoms with Gasteiger partial charge < -0.3 is 14.9 Å². The summed E-state index contributed by atoms with van der Waals surface area (Å²) in [6, 6.07) is 66.8. The Morgan fingerprint density at radius 3 is 1.61 bits per heavy atom. The Kier molecular flexibility index (Phi) is 24.6. The zero-order valence-corrected chi connectivity index (χ0v) is 45.0. The van der Waals surface area contributed by atoms with Gasteiger partial charge in [-0.2, -0.15) is 0 Å². The molecule has 0 amide bonds. The molecule has 2 heterocycles. The fourth-order valence-electron chi connectivity index (χ4n) is 7.94. The Labute approximate surface area is 441 Å². The van der Waals surface area contributed by atoms with Crippen LogP contribution in [0.2, 0.25) is 0 Å². The van der Waals surface area contributed by atoms with Crippen LogP contribution in [-0.4, -0.2) is 20.8 Å². The van der Waals surface area contributed by atoms with Gasteiger partial charge in [0, 0.05) is 50.2 Å². The SMILES string of the molecule is C/C=C\C=C/C.C=C/C=C\C=C.CC.CC.CC.Cc1ccccc1.N=C(N=C(N)c1ccccc1)c1cc(-c2ccccc2)cc(-n2c3ccccc3c3ccc4cc5c(ccn5-c5ccccc5)cc4c32)c1. The number of fused-ring (bicyclic) bond motifs is 6. The van der Waals surface area contributed by atoms with Crippen LogP contribution in [0.25, 0.3) is 66.0 Å². The maximum absolute atomic E-state index is 9.13. The van der Waals surface area contributed by atoms with E-state index in [-0.39, 0.29) is 5.84 Å². The number of para-hydroxylation sites is 2. The maximum Gasteiger partial charge on any atom is 0.154 e. The van der Waals surface area contributed by atoms with Crippen LogP contribution in [0.5, 0.6) is 0 Å². The molecule has 3 N–H and O–H groups in total. The van der Waals surface area contributed by atoms with Crippen molar-refractivity contribution in [3.63, 3.8) is 0 Å². The lowest BCUT2D eigenvalue weighted by atomic mass is 10.0. The number of nitrogens with one attached hydrogen (secondary N) is 1. The van der Waals surface area contributed by atoms with Crippen molar-refractivity contribution >= 4 is 55.2 Å². The monoisotopic (exact) mass is 974 g/mol. The smallest absolute Gasteiger partial charge is 0.154 e. The van der Waals surface area contributed by atoms with Gasteiger partial charge in [0.15, 0.2) is 5.84 Å². The first-order valence-electron chi connectivity index (χ1n) is 25.7. The van der Waals surface area contributed by atoms with Crippen LogP contribution in [0.4, 0.5) is 0 Å². The third-order valence-electron chi connectivity index (χ3n) is 11.2. The minimum absolute atomic E-state index is 0.106. The summed E-state index contributed by atoms with van der Waals surface area (Å²) in [6.45, 7) is 25.0. The average molecular weight is 974 g/mol. The van der Waals surface area contributed by atoms with Crippen LogP contribution < -0.4 is 5.73 Å². The molecule has 0 atom stereocenters. The highest BCUT2D eigenvalue weighted by molar-refractivity contribution is 6.20. The van der Waals surface area contributed by atoms with E-state index in [1.165, 1.54) is 27.1 Å². The van der Waals surface area contributed by atoms with Gasteiger partial charge in [-0.1, -0.05) is 248 Å². The normalized spacial score (nSPS) is 10.6. The molecule has 74 heavy (non-hydrogen) atoms. The quantitative estimate of drug-likeness (QED) is 0.0889. The number of hydrogen-bond donors (Lipinski definition) is 2. The van der Waals surface area contributed by atoms with Gasteiger partial charge >= 0.3 is 0 Å². The minimum atomic E-state index is 0.106. The van der Waals surface area contributed by atoms with Crippen LogP contribution in [-0.2, 0) is 0 Å². The summed E-state index contributed by atoms with van der Waals surface area (Å²) in [5, 5.41) is 15.0. The molecule has 0 bridgehead atoms. The molecule has 5 nitrogen and oxygen atoms in total. The van der Waals surface area contributed by atoms with Gasteiger partial charge in [-0.3, -0.25) is 5.41 Å². The van der Waals surface area contributed by atoms with E-state index in [4.69, 9.17) is 11.1 Å². The highest BCUT2D eigenvalue weighted by Gasteiger charge is 2.18. The molecule has 0 unspecified atom stereocenters. The van der Waals surface area contributed by atoms with E-state index in [1.807, 2.05) is 171 Å². The van der Waals surface area contributed by atoms with Gasteiger partial charge in [0.2, 0.25) is 0 Å². The molecule has 0 saturated heterocycles. The molecular formula is C69H75N5. The number of allylic oxidation sites excluding steroid dienone is 8. The van der Waals surface area contributed by atoms with E-state index in [0.29, 0.717) is 11.4 Å². The van der Waals surface area contributed by atoms with Gasteiger partial charge in [-0.05, 0) is 91.9 Å². The molecule has 0 saturated carbocycles. The first-order chi connectivity index (χ1) is 36.3. The third kappa shape index (κ3) is 15.4. The maximum atomic E-state index is 9.13. The molecule has 0 aliphatic rings. The topological polar surface area (TPSA) is 72.1 Å². The van der Waals surface area contributed by atoms with E-state index in [9.17, 15) is 0 Å². The van der Waals surface area contributed by atoms with Crippen molar-refractivity contribution in [2.45, 2.75) is 62.3 Å². The first-order valence-corrected chi connectivity index (χ1v) is 25.7. The zero-order valence-electron chi connectivity index (χ0n) is 45.0. The summed E-state index contributed by atoms with van der Waals surface area (Å²) in [5.74, 6) is 0.418. The van der Waals surface area contributed by atoms with Gasteiger partial charge in [0.25, 0.3) is 0 Å². The molecule has 2 aromatic heterocycles. The predicted octanol–water partition coefficient (Wildman–Crippen LogP) is 19.4. The first kappa shape index (κ1) is 57.8. The number of aryl methyl sites for hydroxylation is 1. The second-order valence-corrected chi connectivity index (χ2v) is 15.9. The summed E-state index contributed by atoms with van der Waals surface area (Å²) in [4.78, 5) is 4.58.